The molecule has 0 radical (unpaired) electrons. The number of aryl methyl sites for hydroxylation is 1. The number of carbonyl (C=O) groups excluding carboxylic acids is 2. The molecule has 2 aromatic carbocycles. The number of thioether (sulfide) groups is 1. The molecule has 4 nitrogen and oxygen atoms in total. The van der Waals surface area contributed by atoms with Crippen molar-refractivity contribution in [3.8, 4) is 0 Å². The standard InChI is InChI=1S/C23H28N2O2S/c1-16-9-11-18(12-10-16)13-14-24-22(27)17(2)25-19-7-5-6-8-20(19)28-23(3,4)15-21(25)26/h5-12,17H,13-15H2,1-4H3,(H,24,27). The Hall–Kier alpha value is -2.27. The van der Waals surface area contributed by atoms with Gasteiger partial charge < -0.3 is 5.32 Å². The van der Waals surface area contributed by atoms with Crippen LogP contribution in [0.15, 0.2) is 53.4 Å². The zero-order chi connectivity index (χ0) is 20.3. The van der Waals surface area contributed by atoms with Crippen LogP contribution in [0.5, 0.6) is 0 Å². The van der Waals surface area contributed by atoms with Crippen molar-refractivity contribution in [1.29, 1.82) is 0 Å². The Balaban J connectivity index is 1.71. The van der Waals surface area contributed by atoms with Gasteiger partial charge in [-0.3, -0.25) is 14.5 Å². The number of hydrogen-bond donors (Lipinski definition) is 1. The van der Waals surface area contributed by atoms with E-state index in [1.165, 1.54) is 11.1 Å². The number of amides is 2. The first-order chi connectivity index (χ1) is 13.3. The highest BCUT2D eigenvalue weighted by Crippen LogP contribution is 2.44. The molecule has 0 spiro atoms. The maximum absolute atomic E-state index is 13.0. The van der Waals surface area contributed by atoms with Crippen LogP contribution in [-0.4, -0.2) is 29.1 Å². The summed E-state index contributed by atoms with van der Waals surface area (Å²) < 4.78 is -0.205. The van der Waals surface area contributed by atoms with E-state index in [1.807, 2.05) is 24.3 Å². The van der Waals surface area contributed by atoms with Crippen molar-refractivity contribution >= 4 is 29.3 Å². The lowest BCUT2D eigenvalue weighted by molar-refractivity contribution is -0.126. The molecule has 2 aromatic rings. The molecular formula is C23H28N2O2S. The van der Waals surface area contributed by atoms with Crippen LogP contribution in [0.4, 0.5) is 5.69 Å². The minimum absolute atomic E-state index is 0.0105. The fourth-order valence-electron chi connectivity index (χ4n) is 3.43. The molecule has 0 saturated carbocycles. The summed E-state index contributed by atoms with van der Waals surface area (Å²) in [7, 11) is 0. The molecule has 1 unspecified atom stereocenters. The summed E-state index contributed by atoms with van der Waals surface area (Å²) in [6, 6.07) is 15.6. The van der Waals surface area contributed by atoms with Gasteiger partial charge in [-0.15, -0.1) is 11.8 Å². The molecular weight excluding hydrogens is 368 g/mol. The van der Waals surface area contributed by atoms with Gasteiger partial charge in [-0.1, -0.05) is 42.0 Å². The number of hydrogen-bond acceptors (Lipinski definition) is 3. The summed E-state index contributed by atoms with van der Waals surface area (Å²) in [5, 5.41) is 3.00. The van der Waals surface area contributed by atoms with Gasteiger partial charge >= 0.3 is 0 Å². The molecule has 0 fully saturated rings. The number of benzene rings is 2. The van der Waals surface area contributed by atoms with E-state index in [9.17, 15) is 9.59 Å². The molecule has 0 aromatic heterocycles. The lowest BCUT2D eigenvalue weighted by Crippen LogP contribution is -2.49. The number of rotatable bonds is 5. The van der Waals surface area contributed by atoms with Gasteiger partial charge in [0.25, 0.3) is 0 Å². The van der Waals surface area contributed by atoms with Crippen LogP contribution in [0.1, 0.15) is 38.3 Å². The Morgan fingerprint density at radius 2 is 1.86 bits per heavy atom. The summed E-state index contributed by atoms with van der Waals surface area (Å²) in [4.78, 5) is 28.5. The van der Waals surface area contributed by atoms with Crippen molar-refractivity contribution in [2.45, 2.75) is 56.2 Å². The molecule has 1 aliphatic heterocycles. The first-order valence-corrected chi connectivity index (χ1v) is 10.5. The topological polar surface area (TPSA) is 49.4 Å². The molecule has 0 aliphatic carbocycles. The molecule has 1 aliphatic rings. The predicted octanol–water partition coefficient (Wildman–Crippen LogP) is 4.35. The van der Waals surface area contributed by atoms with Gasteiger partial charge in [-0.05, 0) is 51.8 Å². The number of fused-ring (bicyclic) bond motifs is 1. The van der Waals surface area contributed by atoms with Crippen LogP contribution in [0.2, 0.25) is 0 Å². The Kier molecular flexibility index (Phi) is 6.14. The minimum atomic E-state index is -0.554. The second-order valence-corrected chi connectivity index (χ2v) is 9.72. The maximum Gasteiger partial charge on any atom is 0.242 e. The van der Waals surface area contributed by atoms with Crippen molar-refractivity contribution in [2.24, 2.45) is 0 Å². The van der Waals surface area contributed by atoms with Crippen LogP contribution < -0.4 is 10.2 Å². The van der Waals surface area contributed by atoms with E-state index >= 15 is 0 Å². The van der Waals surface area contributed by atoms with Crippen molar-refractivity contribution in [3.63, 3.8) is 0 Å². The smallest absolute Gasteiger partial charge is 0.242 e. The van der Waals surface area contributed by atoms with E-state index in [0.29, 0.717) is 13.0 Å². The van der Waals surface area contributed by atoms with Crippen LogP contribution in [0.25, 0.3) is 0 Å². The Morgan fingerprint density at radius 1 is 1.18 bits per heavy atom. The van der Waals surface area contributed by atoms with Gasteiger partial charge in [0.2, 0.25) is 11.8 Å². The maximum atomic E-state index is 13.0. The van der Waals surface area contributed by atoms with Crippen molar-refractivity contribution in [2.75, 3.05) is 11.4 Å². The third kappa shape index (κ3) is 4.76. The van der Waals surface area contributed by atoms with Gasteiger partial charge in [0.15, 0.2) is 0 Å². The molecule has 1 N–H and O–H groups in total. The van der Waals surface area contributed by atoms with E-state index < -0.39 is 6.04 Å². The van der Waals surface area contributed by atoms with Crippen LogP contribution >= 0.6 is 11.8 Å². The summed E-state index contributed by atoms with van der Waals surface area (Å²) >= 11 is 1.69. The van der Waals surface area contributed by atoms with E-state index in [2.05, 4.69) is 50.4 Å². The van der Waals surface area contributed by atoms with Crippen molar-refractivity contribution in [3.05, 3.63) is 59.7 Å². The molecule has 0 saturated heterocycles. The molecule has 5 heteroatoms. The molecule has 2 amide bonds. The SMILES string of the molecule is Cc1ccc(CCNC(=O)C(C)N2C(=O)CC(C)(C)Sc3ccccc32)cc1. The molecule has 1 heterocycles. The van der Waals surface area contributed by atoms with E-state index in [1.54, 1.807) is 23.6 Å². The van der Waals surface area contributed by atoms with Gasteiger partial charge in [-0.25, -0.2) is 0 Å². The number of carbonyl (C=O) groups is 2. The molecule has 0 bridgehead atoms. The van der Waals surface area contributed by atoms with Crippen molar-refractivity contribution < 1.29 is 9.59 Å². The molecule has 1 atom stereocenters. The highest BCUT2D eigenvalue weighted by atomic mass is 32.2. The third-order valence-electron chi connectivity index (χ3n) is 4.96. The van der Waals surface area contributed by atoms with Gasteiger partial charge in [0, 0.05) is 22.6 Å². The Morgan fingerprint density at radius 3 is 2.57 bits per heavy atom. The van der Waals surface area contributed by atoms with Gasteiger partial charge in [0.05, 0.1) is 5.69 Å². The van der Waals surface area contributed by atoms with E-state index in [0.717, 1.165) is 17.0 Å². The average molecular weight is 397 g/mol. The summed E-state index contributed by atoms with van der Waals surface area (Å²) in [6.45, 7) is 8.56. The summed E-state index contributed by atoms with van der Waals surface area (Å²) in [5.41, 5.74) is 3.23. The third-order valence-corrected chi connectivity index (χ3v) is 6.22. The largest absolute Gasteiger partial charge is 0.354 e. The molecule has 148 valence electrons. The van der Waals surface area contributed by atoms with Gasteiger partial charge in [-0.2, -0.15) is 0 Å². The Bertz CT molecular complexity index is 861. The number of anilines is 1. The second kappa shape index (κ2) is 8.39. The average Bonchev–Trinajstić information content (AvgIpc) is 2.74. The summed E-state index contributed by atoms with van der Waals surface area (Å²) in [5.74, 6) is -0.136. The fourth-order valence-corrected chi connectivity index (χ4v) is 4.64. The Labute approximate surface area is 171 Å². The minimum Gasteiger partial charge on any atom is -0.354 e. The monoisotopic (exact) mass is 396 g/mol. The lowest BCUT2D eigenvalue weighted by Gasteiger charge is -2.28. The normalized spacial score (nSPS) is 16.9. The molecule has 28 heavy (non-hydrogen) atoms. The predicted molar refractivity (Wildman–Crippen MR) is 116 cm³/mol. The number of nitrogens with one attached hydrogen (secondary N) is 1. The number of para-hydroxylation sites is 1. The van der Waals surface area contributed by atoms with Crippen molar-refractivity contribution in [1.82, 2.24) is 5.32 Å². The zero-order valence-electron chi connectivity index (χ0n) is 17.0. The zero-order valence-corrected chi connectivity index (χ0v) is 17.8. The van der Waals surface area contributed by atoms with E-state index in [-0.39, 0.29) is 16.6 Å². The quantitative estimate of drug-likeness (QED) is 0.817. The lowest BCUT2D eigenvalue weighted by atomic mass is 10.1. The highest BCUT2D eigenvalue weighted by Gasteiger charge is 2.36. The van der Waals surface area contributed by atoms with Gasteiger partial charge in [0.1, 0.15) is 6.04 Å². The first kappa shape index (κ1) is 20.5. The molecule has 3 rings (SSSR count). The fraction of sp³-hybridized carbons (Fsp3) is 0.391. The highest BCUT2D eigenvalue weighted by molar-refractivity contribution is 8.00. The van der Waals surface area contributed by atoms with Crippen LogP contribution in [-0.2, 0) is 16.0 Å². The summed E-state index contributed by atoms with van der Waals surface area (Å²) in [6.07, 6.45) is 1.17. The van der Waals surface area contributed by atoms with E-state index in [4.69, 9.17) is 0 Å². The second-order valence-electron chi connectivity index (χ2n) is 7.97. The number of nitrogens with zero attached hydrogens (tertiary/aromatic N) is 1. The first-order valence-electron chi connectivity index (χ1n) is 9.70. The van der Waals surface area contributed by atoms with Crippen LogP contribution in [0, 0.1) is 6.92 Å². The van der Waals surface area contributed by atoms with Crippen LogP contribution in [0.3, 0.4) is 0 Å².